The number of amides is 1. The van der Waals surface area contributed by atoms with Crippen molar-refractivity contribution >= 4 is 11.6 Å². The van der Waals surface area contributed by atoms with Crippen LogP contribution < -0.4 is 10.1 Å². The molecule has 1 unspecified atom stereocenters. The lowest BCUT2D eigenvalue weighted by Gasteiger charge is -2.07. The quantitative estimate of drug-likeness (QED) is 0.916. The molecule has 5 nitrogen and oxygen atoms in total. The molecular formula is C16H13N3O2. The summed E-state index contributed by atoms with van der Waals surface area (Å²) in [4.78, 5) is 16.0. The Balaban J connectivity index is 1.79. The van der Waals surface area contributed by atoms with Crippen LogP contribution in [-0.4, -0.2) is 17.0 Å². The van der Waals surface area contributed by atoms with E-state index in [1.54, 1.807) is 12.1 Å². The van der Waals surface area contributed by atoms with Crippen LogP contribution in [0.2, 0.25) is 0 Å². The number of aromatic nitrogens is 1. The Morgan fingerprint density at radius 3 is 3.10 bits per heavy atom. The first-order valence-electron chi connectivity index (χ1n) is 6.63. The number of rotatable bonds is 2. The van der Waals surface area contributed by atoms with Crippen LogP contribution in [0.15, 0.2) is 36.5 Å². The zero-order valence-corrected chi connectivity index (χ0v) is 11.5. The number of pyridine rings is 1. The number of hydrogen-bond acceptors (Lipinski definition) is 4. The molecule has 1 aliphatic heterocycles. The summed E-state index contributed by atoms with van der Waals surface area (Å²) in [6.45, 7) is 2.01. The number of anilines is 1. The van der Waals surface area contributed by atoms with Gasteiger partial charge in [0.1, 0.15) is 23.6 Å². The maximum atomic E-state index is 12.2. The van der Waals surface area contributed by atoms with Gasteiger partial charge in [-0.15, -0.1) is 0 Å². The monoisotopic (exact) mass is 279 g/mol. The Kier molecular flexibility index (Phi) is 3.28. The number of benzene rings is 1. The molecule has 0 bridgehead atoms. The molecule has 5 heteroatoms. The van der Waals surface area contributed by atoms with Crippen molar-refractivity contribution in [3.05, 3.63) is 53.3 Å². The fourth-order valence-corrected chi connectivity index (χ4v) is 2.34. The Morgan fingerprint density at radius 2 is 2.29 bits per heavy atom. The number of nitrogens with one attached hydrogen (secondary N) is 1. The third-order valence-corrected chi connectivity index (χ3v) is 3.29. The van der Waals surface area contributed by atoms with Crippen molar-refractivity contribution < 1.29 is 9.53 Å². The zero-order valence-electron chi connectivity index (χ0n) is 11.5. The standard InChI is InChI=1S/C16H13N3O2/c1-10-6-12-8-13(2-3-15(12)21-10)19-16(20)11-4-5-18-14(7-11)9-17/h2-5,7-8,10H,6H2,1H3,(H,19,20). The van der Waals surface area contributed by atoms with Gasteiger partial charge in [-0.2, -0.15) is 5.26 Å². The van der Waals surface area contributed by atoms with Crippen molar-refractivity contribution in [3.63, 3.8) is 0 Å². The number of ether oxygens (including phenoxy) is 1. The van der Waals surface area contributed by atoms with Gasteiger partial charge in [0, 0.05) is 23.9 Å². The molecule has 104 valence electrons. The molecule has 0 saturated heterocycles. The minimum Gasteiger partial charge on any atom is -0.490 e. The van der Waals surface area contributed by atoms with Crippen LogP contribution in [0.1, 0.15) is 28.5 Å². The number of carbonyl (C=O) groups excluding carboxylic acids is 1. The van der Waals surface area contributed by atoms with Crippen molar-refractivity contribution in [1.82, 2.24) is 4.98 Å². The van der Waals surface area contributed by atoms with E-state index in [0.717, 1.165) is 17.7 Å². The summed E-state index contributed by atoms with van der Waals surface area (Å²) in [6.07, 6.45) is 2.46. The highest BCUT2D eigenvalue weighted by molar-refractivity contribution is 6.04. The molecule has 0 spiro atoms. The van der Waals surface area contributed by atoms with Gasteiger partial charge in [0.2, 0.25) is 0 Å². The normalized spacial score (nSPS) is 15.7. The predicted molar refractivity (Wildman–Crippen MR) is 77.1 cm³/mol. The lowest BCUT2D eigenvalue weighted by molar-refractivity contribution is 0.102. The second kappa shape index (κ2) is 5.25. The van der Waals surface area contributed by atoms with Gasteiger partial charge in [-0.25, -0.2) is 4.98 Å². The van der Waals surface area contributed by atoms with Crippen LogP contribution in [0.5, 0.6) is 5.75 Å². The highest BCUT2D eigenvalue weighted by Crippen LogP contribution is 2.31. The molecule has 1 aliphatic rings. The fourth-order valence-electron chi connectivity index (χ4n) is 2.34. The van der Waals surface area contributed by atoms with Gasteiger partial charge in [-0.05, 0) is 42.8 Å². The van der Waals surface area contributed by atoms with Gasteiger partial charge in [-0.1, -0.05) is 0 Å². The Labute approximate surface area is 122 Å². The molecule has 2 aromatic rings. The summed E-state index contributed by atoms with van der Waals surface area (Å²) >= 11 is 0. The largest absolute Gasteiger partial charge is 0.490 e. The first kappa shape index (κ1) is 13.1. The fraction of sp³-hybridized carbons (Fsp3) is 0.188. The highest BCUT2D eigenvalue weighted by atomic mass is 16.5. The van der Waals surface area contributed by atoms with E-state index in [4.69, 9.17) is 10.00 Å². The van der Waals surface area contributed by atoms with Crippen LogP contribution in [0.25, 0.3) is 0 Å². The molecular weight excluding hydrogens is 266 g/mol. The molecule has 0 fully saturated rings. The Hall–Kier alpha value is -2.87. The molecule has 0 saturated carbocycles. The van der Waals surface area contributed by atoms with E-state index in [1.807, 2.05) is 25.1 Å². The molecule has 1 amide bonds. The number of carbonyl (C=O) groups is 1. The summed E-state index contributed by atoms with van der Waals surface area (Å²) in [7, 11) is 0. The topological polar surface area (TPSA) is 75.0 Å². The first-order chi connectivity index (χ1) is 10.2. The predicted octanol–water partition coefficient (Wildman–Crippen LogP) is 2.53. The third kappa shape index (κ3) is 2.70. The maximum absolute atomic E-state index is 12.2. The van der Waals surface area contributed by atoms with E-state index in [-0.39, 0.29) is 17.7 Å². The summed E-state index contributed by atoms with van der Waals surface area (Å²) < 4.78 is 5.62. The van der Waals surface area contributed by atoms with Crippen LogP contribution in [0, 0.1) is 11.3 Å². The number of nitriles is 1. The molecule has 1 aromatic heterocycles. The first-order valence-corrected chi connectivity index (χ1v) is 6.63. The zero-order chi connectivity index (χ0) is 14.8. The Morgan fingerprint density at radius 1 is 1.43 bits per heavy atom. The van der Waals surface area contributed by atoms with Gasteiger partial charge in [0.25, 0.3) is 5.91 Å². The minimum absolute atomic E-state index is 0.171. The van der Waals surface area contributed by atoms with Gasteiger partial charge in [0.15, 0.2) is 0 Å². The van der Waals surface area contributed by atoms with Crippen molar-refractivity contribution in [2.75, 3.05) is 5.32 Å². The van der Waals surface area contributed by atoms with Crippen molar-refractivity contribution in [2.24, 2.45) is 0 Å². The van der Waals surface area contributed by atoms with E-state index in [9.17, 15) is 4.79 Å². The van der Waals surface area contributed by atoms with Gasteiger partial charge in [-0.3, -0.25) is 4.79 Å². The minimum atomic E-state index is -0.263. The molecule has 0 radical (unpaired) electrons. The summed E-state index contributed by atoms with van der Waals surface area (Å²) in [5, 5.41) is 11.6. The second-order valence-electron chi connectivity index (χ2n) is 4.95. The number of nitrogens with zero attached hydrogens (tertiary/aromatic N) is 2. The SMILES string of the molecule is CC1Cc2cc(NC(=O)c3ccnc(C#N)c3)ccc2O1. The third-order valence-electron chi connectivity index (χ3n) is 3.29. The van der Waals surface area contributed by atoms with Crippen molar-refractivity contribution in [1.29, 1.82) is 5.26 Å². The number of fused-ring (bicyclic) bond motifs is 1. The molecule has 1 N–H and O–H groups in total. The van der Waals surface area contributed by atoms with E-state index >= 15 is 0 Å². The second-order valence-corrected chi connectivity index (χ2v) is 4.95. The average molecular weight is 279 g/mol. The van der Waals surface area contributed by atoms with E-state index in [1.165, 1.54) is 12.3 Å². The molecule has 0 aliphatic carbocycles. The van der Waals surface area contributed by atoms with E-state index in [2.05, 4.69) is 10.3 Å². The molecule has 2 heterocycles. The average Bonchev–Trinajstić information content (AvgIpc) is 2.86. The van der Waals surface area contributed by atoms with Crippen molar-refractivity contribution in [2.45, 2.75) is 19.4 Å². The summed E-state index contributed by atoms with van der Waals surface area (Å²) in [5.41, 5.74) is 2.44. The highest BCUT2D eigenvalue weighted by Gasteiger charge is 2.19. The van der Waals surface area contributed by atoms with Gasteiger partial charge < -0.3 is 10.1 Å². The van der Waals surface area contributed by atoms with Crippen LogP contribution >= 0.6 is 0 Å². The van der Waals surface area contributed by atoms with Crippen molar-refractivity contribution in [3.8, 4) is 11.8 Å². The lowest BCUT2D eigenvalue weighted by atomic mass is 10.1. The van der Waals surface area contributed by atoms with Crippen LogP contribution in [0.4, 0.5) is 5.69 Å². The van der Waals surface area contributed by atoms with Crippen LogP contribution in [0.3, 0.4) is 0 Å². The molecule has 1 aromatic carbocycles. The lowest BCUT2D eigenvalue weighted by Crippen LogP contribution is -2.12. The summed E-state index contributed by atoms with van der Waals surface area (Å²) in [5.74, 6) is 0.608. The summed E-state index contributed by atoms with van der Waals surface area (Å²) in [6, 6.07) is 10.6. The molecule has 1 atom stereocenters. The maximum Gasteiger partial charge on any atom is 0.255 e. The smallest absolute Gasteiger partial charge is 0.255 e. The van der Waals surface area contributed by atoms with E-state index in [0.29, 0.717) is 11.3 Å². The molecule has 3 rings (SSSR count). The van der Waals surface area contributed by atoms with Crippen LogP contribution in [-0.2, 0) is 6.42 Å². The molecule has 21 heavy (non-hydrogen) atoms. The number of hydrogen-bond donors (Lipinski definition) is 1. The van der Waals surface area contributed by atoms with Gasteiger partial charge >= 0.3 is 0 Å². The Bertz CT molecular complexity index is 749. The van der Waals surface area contributed by atoms with E-state index < -0.39 is 0 Å². The van der Waals surface area contributed by atoms with Gasteiger partial charge in [0.05, 0.1) is 0 Å².